The maximum atomic E-state index is 13.2. The van der Waals surface area contributed by atoms with Gasteiger partial charge in [-0.1, -0.05) is 12.1 Å². The highest BCUT2D eigenvalue weighted by Crippen LogP contribution is 2.46. The van der Waals surface area contributed by atoms with E-state index in [1.165, 1.54) is 43.5 Å². The number of benzene rings is 3. The first-order chi connectivity index (χ1) is 17.6. The van der Waals surface area contributed by atoms with E-state index in [-0.39, 0.29) is 16.3 Å². The summed E-state index contributed by atoms with van der Waals surface area (Å²) < 4.78 is 15.6. The first-order valence-electron chi connectivity index (χ1n) is 10.7. The molecule has 0 unspecified atom stereocenters. The molecule has 0 spiro atoms. The lowest BCUT2D eigenvalue weighted by Crippen LogP contribution is -2.21. The van der Waals surface area contributed by atoms with Crippen molar-refractivity contribution in [2.45, 2.75) is 5.92 Å². The van der Waals surface area contributed by atoms with Gasteiger partial charge in [0.05, 0.1) is 34.9 Å². The fourth-order valence-electron chi connectivity index (χ4n) is 4.26. The van der Waals surface area contributed by atoms with Crippen LogP contribution in [-0.2, 0) is 0 Å². The lowest BCUT2D eigenvalue weighted by atomic mass is 9.84. The summed E-state index contributed by atoms with van der Waals surface area (Å²) in [7, 11) is 1.43. The summed E-state index contributed by atoms with van der Waals surface area (Å²) in [4.78, 5) is 26.4. The molecule has 0 radical (unpaired) electrons. The summed E-state index contributed by atoms with van der Waals surface area (Å²) in [5.74, 6) is -5.14. The predicted molar refractivity (Wildman–Crippen MR) is 129 cm³/mol. The maximum Gasteiger partial charge on any atom is 0.344 e. The van der Waals surface area contributed by atoms with Crippen LogP contribution in [0.15, 0.2) is 67.0 Å². The third-order valence-electron chi connectivity index (χ3n) is 6.10. The van der Waals surface area contributed by atoms with E-state index in [9.17, 15) is 40.2 Å². The van der Waals surface area contributed by atoms with Gasteiger partial charge >= 0.3 is 11.3 Å². The minimum atomic E-state index is -1.47. The molecule has 5 aromatic rings. The summed E-state index contributed by atoms with van der Waals surface area (Å²) in [5.41, 5.74) is -4.07. The summed E-state index contributed by atoms with van der Waals surface area (Å²) in [6, 6.07) is 10.5. The van der Waals surface area contributed by atoms with Gasteiger partial charge in [-0.05, 0) is 42.0 Å². The van der Waals surface area contributed by atoms with Crippen LogP contribution in [0.4, 0.5) is 0 Å². The molecule has 11 heteroatoms. The Kier molecular flexibility index (Phi) is 5.33. The van der Waals surface area contributed by atoms with E-state index in [0.717, 1.165) is 12.1 Å². The van der Waals surface area contributed by atoms with Gasteiger partial charge in [0.1, 0.15) is 17.2 Å². The Morgan fingerprint density at radius 3 is 1.46 bits per heavy atom. The maximum absolute atomic E-state index is 13.2. The number of ether oxygens (including phenoxy) is 1. The number of phenols is 4. The van der Waals surface area contributed by atoms with E-state index < -0.39 is 74.0 Å². The quantitative estimate of drug-likeness (QED) is 0.155. The Bertz CT molecular complexity index is 1700. The summed E-state index contributed by atoms with van der Waals surface area (Å²) >= 11 is 0. The second-order valence-electron chi connectivity index (χ2n) is 8.13. The van der Waals surface area contributed by atoms with E-state index in [1.54, 1.807) is 0 Å². The van der Waals surface area contributed by atoms with Crippen LogP contribution in [0.1, 0.15) is 22.6 Å². The topological polar surface area (TPSA) is 191 Å². The van der Waals surface area contributed by atoms with Crippen molar-refractivity contribution < 1.29 is 44.2 Å². The minimum absolute atomic E-state index is 0.157. The summed E-state index contributed by atoms with van der Waals surface area (Å²) in [5, 5.41) is 61.8. The Labute approximate surface area is 205 Å². The van der Waals surface area contributed by atoms with Gasteiger partial charge in [-0.3, -0.25) is 0 Å². The highest BCUT2D eigenvalue weighted by Gasteiger charge is 2.33. The monoisotopic (exact) mass is 506 g/mol. The number of aromatic hydroxyl groups is 6. The number of fused-ring (bicyclic) bond motifs is 2. The van der Waals surface area contributed by atoms with Gasteiger partial charge in [0.2, 0.25) is 11.5 Å². The van der Waals surface area contributed by atoms with Gasteiger partial charge < -0.3 is 44.2 Å². The van der Waals surface area contributed by atoms with Crippen LogP contribution in [0.5, 0.6) is 40.2 Å². The Hall–Kier alpha value is -5.32. The van der Waals surface area contributed by atoms with Crippen molar-refractivity contribution in [3.63, 3.8) is 0 Å². The lowest BCUT2D eigenvalue weighted by Gasteiger charge is -2.20. The normalized spacial score (nSPS) is 11.4. The van der Waals surface area contributed by atoms with Gasteiger partial charge in [0, 0.05) is 0 Å². The molecule has 0 aliphatic heterocycles. The van der Waals surface area contributed by atoms with E-state index in [2.05, 4.69) is 0 Å². The van der Waals surface area contributed by atoms with E-state index in [1.807, 2.05) is 0 Å². The molecule has 6 N–H and O–H groups in total. The zero-order chi connectivity index (χ0) is 26.6. The van der Waals surface area contributed by atoms with Crippen LogP contribution < -0.4 is 16.0 Å². The molecule has 2 aromatic heterocycles. The molecular formula is C26H18O11. The molecule has 3 aromatic carbocycles. The fourth-order valence-corrected chi connectivity index (χ4v) is 4.26. The molecule has 0 bridgehead atoms. The second-order valence-corrected chi connectivity index (χ2v) is 8.13. The largest absolute Gasteiger partial charge is 0.507 e. The SMILES string of the molecule is COc1ccc(C(c2c(O)c3ccc(O)c(O)c3oc2=O)c2c(O)c3ccc(O)c(O)c3oc2=O)cc1. The third-order valence-corrected chi connectivity index (χ3v) is 6.10. The van der Waals surface area contributed by atoms with Crippen LogP contribution in [0.2, 0.25) is 0 Å². The molecule has 0 saturated heterocycles. The van der Waals surface area contributed by atoms with Crippen LogP contribution in [0.25, 0.3) is 21.9 Å². The Morgan fingerprint density at radius 2 is 1.05 bits per heavy atom. The van der Waals surface area contributed by atoms with Gasteiger partial charge in [0.25, 0.3) is 0 Å². The van der Waals surface area contributed by atoms with Gasteiger partial charge in [-0.2, -0.15) is 0 Å². The highest BCUT2D eigenvalue weighted by atomic mass is 16.5. The zero-order valence-corrected chi connectivity index (χ0v) is 18.9. The molecule has 2 heterocycles. The van der Waals surface area contributed by atoms with Crippen molar-refractivity contribution in [3.05, 3.63) is 86.1 Å². The lowest BCUT2D eigenvalue weighted by molar-refractivity contribution is 0.392. The molecule has 0 atom stereocenters. The van der Waals surface area contributed by atoms with Crippen LogP contribution >= 0.6 is 0 Å². The fraction of sp³-hybridized carbons (Fsp3) is 0.0769. The van der Waals surface area contributed by atoms with Crippen molar-refractivity contribution in [1.82, 2.24) is 0 Å². The highest BCUT2D eigenvalue weighted by molar-refractivity contribution is 5.92. The van der Waals surface area contributed by atoms with Crippen molar-refractivity contribution in [3.8, 4) is 40.2 Å². The Balaban J connectivity index is 1.90. The van der Waals surface area contributed by atoms with E-state index >= 15 is 0 Å². The van der Waals surface area contributed by atoms with Crippen molar-refractivity contribution in [1.29, 1.82) is 0 Å². The molecule has 11 nitrogen and oxygen atoms in total. The zero-order valence-electron chi connectivity index (χ0n) is 18.9. The minimum Gasteiger partial charge on any atom is -0.507 e. The van der Waals surface area contributed by atoms with E-state index in [0.29, 0.717) is 5.75 Å². The molecular weight excluding hydrogens is 488 g/mol. The molecule has 37 heavy (non-hydrogen) atoms. The van der Waals surface area contributed by atoms with Crippen molar-refractivity contribution in [2.75, 3.05) is 7.11 Å². The first-order valence-corrected chi connectivity index (χ1v) is 10.7. The average molecular weight is 506 g/mol. The number of phenolic OH excluding ortho intramolecular Hbond substituents is 4. The second kappa shape index (κ2) is 8.41. The van der Waals surface area contributed by atoms with Crippen molar-refractivity contribution in [2.24, 2.45) is 0 Å². The number of hydrogen-bond donors (Lipinski definition) is 6. The summed E-state index contributed by atoms with van der Waals surface area (Å²) in [6.45, 7) is 0. The summed E-state index contributed by atoms with van der Waals surface area (Å²) in [6.07, 6.45) is 0. The van der Waals surface area contributed by atoms with Crippen LogP contribution in [0.3, 0.4) is 0 Å². The first kappa shape index (κ1) is 23.4. The van der Waals surface area contributed by atoms with Crippen LogP contribution in [-0.4, -0.2) is 37.7 Å². The third kappa shape index (κ3) is 3.52. The number of rotatable bonds is 4. The molecule has 0 aliphatic rings. The molecule has 0 saturated carbocycles. The molecule has 0 amide bonds. The Morgan fingerprint density at radius 1 is 0.622 bits per heavy atom. The number of hydrogen-bond acceptors (Lipinski definition) is 11. The average Bonchev–Trinajstić information content (AvgIpc) is 2.88. The molecule has 0 fully saturated rings. The molecule has 5 rings (SSSR count). The van der Waals surface area contributed by atoms with E-state index in [4.69, 9.17) is 13.6 Å². The van der Waals surface area contributed by atoms with Gasteiger partial charge in [-0.25, -0.2) is 9.59 Å². The smallest absolute Gasteiger partial charge is 0.344 e. The van der Waals surface area contributed by atoms with Gasteiger partial charge in [-0.15, -0.1) is 0 Å². The predicted octanol–water partition coefficient (Wildman–Crippen LogP) is 3.32. The van der Waals surface area contributed by atoms with Crippen molar-refractivity contribution >= 4 is 21.9 Å². The number of methoxy groups -OCH3 is 1. The van der Waals surface area contributed by atoms with Crippen LogP contribution in [0, 0.1) is 0 Å². The standard InChI is InChI=1S/C26H18O11/c1-35-11-4-2-10(3-5-11)16(17-19(29)12-6-8-14(27)21(31)23(12)36-25(17)33)18-20(30)13-7-9-15(28)22(32)24(13)37-26(18)34/h2-9,16,27-32H,1H3. The molecule has 188 valence electrons. The van der Waals surface area contributed by atoms with Gasteiger partial charge in [0.15, 0.2) is 22.7 Å². The molecule has 0 aliphatic carbocycles.